The molecule has 3 aromatic rings. The second-order valence-corrected chi connectivity index (χ2v) is 8.00. The van der Waals surface area contributed by atoms with Gasteiger partial charge in [-0.3, -0.25) is 0 Å². The Hall–Kier alpha value is -2.44. The van der Waals surface area contributed by atoms with Gasteiger partial charge in [-0.25, -0.2) is 18.1 Å². The summed E-state index contributed by atoms with van der Waals surface area (Å²) >= 11 is 0. The van der Waals surface area contributed by atoms with Gasteiger partial charge in [0.1, 0.15) is 0 Å². The Bertz CT molecular complexity index is 990. The number of nitrogens with zero attached hydrogens (tertiary/aromatic N) is 2. The quantitative estimate of drug-likeness (QED) is 0.765. The van der Waals surface area contributed by atoms with Crippen LogP contribution in [0, 0.1) is 6.92 Å². The summed E-state index contributed by atoms with van der Waals surface area (Å²) in [6.07, 6.45) is 4.32. The van der Waals surface area contributed by atoms with E-state index in [9.17, 15) is 8.42 Å². The fourth-order valence-electron chi connectivity index (χ4n) is 2.71. The highest BCUT2D eigenvalue weighted by Gasteiger charge is 2.16. The summed E-state index contributed by atoms with van der Waals surface area (Å²) < 4.78 is 28.5. The van der Waals surface area contributed by atoms with Gasteiger partial charge in [0.2, 0.25) is 10.0 Å². The van der Waals surface area contributed by atoms with E-state index >= 15 is 0 Å². The zero-order valence-corrected chi connectivity index (χ0v) is 15.3. The van der Waals surface area contributed by atoms with Gasteiger partial charge in [0.05, 0.1) is 16.9 Å². The van der Waals surface area contributed by atoms with E-state index in [1.165, 1.54) is 18.2 Å². The van der Waals surface area contributed by atoms with E-state index in [0.717, 1.165) is 16.8 Å². The molecule has 0 aliphatic carbocycles. The Morgan fingerprint density at radius 1 is 1.12 bits per heavy atom. The van der Waals surface area contributed by atoms with E-state index in [2.05, 4.69) is 40.9 Å². The number of sulfonamides is 1. The molecule has 0 aliphatic rings. The van der Waals surface area contributed by atoms with Crippen LogP contribution in [-0.2, 0) is 23.5 Å². The van der Waals surface area contributed by atoms with E-state index in [1.807, 2.05) is 23.9 Å². The van der Waals surface area contributed by atoms with Crippen LogP contribution in [0.15, 0.2) is 59.9 Å². The fourth-order valence-corrected chi connectivity index (χ4v) is 3.47. The monoisotopic (exact) mass is 355 g/mol. The molecule has 0 saturated carbocycles. The number of nitrogens with one attached hydrogen (secondary N) is 1. The number of rotatable bonds is 5. The first kappa shape index (κ1) is 17.4. The first-order chi connectivity index (χ1) is 11.9. The highest BCUT2D eigenvalue weighted by atomic mass is 32.2. The van der Waals surface area contributed by atoms with Gasteiger partial charge in [0.15, 0.2) is 0 Å². The molecule has 130 valence electrons. The number of aryl methyl sites for hydroxylation is 2. The van der Waals surface area contributed by atoms with Gasteiger partial charge in [-0.05, 0) is 43.7 Å². The van der Waals surface area contributed by atoms with Crippen LogP contribution in [0.25, 0.3) is 11.3 Å². The smallest absolute Gasteiger partial charge is 0.240 e. The summed E-state index contributed by atoms with van der Waals surface area (Å²) in [5.74, 6) is 0. The highest BCUT2D eigenvalue weighted by molar-refractivity contribution is 7.89. The first-order valence-corrected chi connectivity index (χ1v) is 9.48. The lowest BCUT2D eigenvalue weighted by molar-refractivity contribution is 0.588. The van der Waals surface area contributed by atoms with Crippen LogP contribution >= 0.6 is 0 Å². The molecule has 5 nitrogen and oxygen atoms in total. The summed E-state index contributed by atoms with van der Waals surface area (Å²) in [5.41, 5.74) is 5.02. The number of hydrogen-bond donors (Lipinski definition) is 1. The molecule has 0 aliphatic heterocycles. The zero-order chi connectivity index (χ0) is 18.0. The second kappa shape index (κ2) is 6.82. The van der Waals surface area contributed by atoms with Crippen molar-refractivity contribution in [3.8, 4) is 11.3 Å². The van der Waals surface area contributed by atoms with Crippen LogP contribution in [0.5, 0.6) is 0 Å². The molecule has 1 N–H and O–H groups in total. The fraction of sp³-hybridized carbons (Fsp3) is 0.211. The maximum atomic E-state index is 12.2. The van der Waals surface area contributed by atoms with E-state index < -0.39 is 10.0 Å². The largest absolute Gasteiger partial charge is 0.340 e. The summed E-state index contributed by atoms with van der Waals surface area (Å²) in [7, 11) is -0.196. The van der Waals surface area contributed by atoms with Gasteiger partial charge in [-0.2, -0.15) is 0 Å². The Morgan fingerprint density at radius 2 is 1.84 bits per heavy atom. The zero-order valence-electron chi connectivity index (χ0n) is 14.5. The van der Waals surface area contributed by atoms with Crippen molar-refractivity contribution >= 4 is 10.0 Å². The van der Waals surface area contributed by atoms with Gasteiger partial charge >= 0.3 is 0 Å². The van der Waals surface area contributed by atoms with Gasteiger partial charge in [0, 0.05) is 18.8 Å². The lowest BCUT2D eigenvalue weighted by atomic mass is 9.97. The Balaban J connectivity index is 2.09. The Labute approximate surface area is 148 Å². The van der Waals surface area contributed by atoms with Crippen LogP contribution < -0.4 is 4.72 Å². The van der Waals surface area contributed by atoms with E-state index in [0.29, 0.717) is 6.42 Å². The molecule has 0 saturated heterocycles. The number of hydrogen-bond acceptors (Lipinski definition) is 3. The van der Waals surface area contributed by atoms with Crippen molar-refractivity contribution in [2.24, 2.45) is 7.05 Å². The molecule has 6 heteroatoms. The molecule has 0 bridgehead atoms. The van der Waals surface area contributed by atoms with Crippen molar-refractivity contribution in [2.45, 2.75) is 18.2 Å². The van der Waals surface area contributed by atoms with Crippen LogP contribution in [0.3, 0.4) is 0 Å². The third kappa shape index (κ3) is 3.81. The predicted octanol–water partition coefficient (Wildman–Crippen LogP) is 2.89. The van der Waals surface area contributed by atoms with Crippen molar-refractivity contribution < 1.29 is 8.42 Å². The molecule has 0 radical (unpaired) electrons. The Morgan fingerprint density at radius 3 is 2.44 bits per heavy atom. The van der Waals surface area contributed by atoms with Crippen molar-refractivity contribution in [3.63, 3.8) is 0 Å². The first-order valence-electron chi connectivity index (χ1n) is 7.99. The second-order valence-electron chi connectivity index (χ2n) is 6.11. The minimum Gasteiger partial charge on any atom is -0.340 e. The average Bonchev–Trinajstić information content (AvgIpc) is 3.03. The average molecular weight is 355 g/mol. The number of imidazole rings is 1. The van der Waals surface area contributed by atoms with Gasteiger partial charge in [0.25, 0.3) is 0 Å². The summed E-state index contributed by atoms with van der Waals surface area (Å²) in [5, 5.41) is 0. The molecule has 1 heterocycles. The van der Waals surface area contributed by atoms with Crippen molar-refractivity contribution in [3.05, 3.63) is 71.7 Å². The molecule has 0 unspecified atom stereocenters. The van der Waals surface area contributed by atoms with Crippen LogP contribution in [0.4, 0.5) is 0 Å². The molecule has 0 atom stereocenters. The van der Waals surface area contributed by atoms with Crippen LogP contribution in [0.2, 0.25) is 0 Å². The molecular weight excluding hydrogens is 334 g/mol. The minimum absolute atomic E-state index is 0.239. The molecule has 25 heavy (non-hydrogen) atoms. The van der Waals surface area contributed by atoms with E-state index in [-0.39, 0.29) is 4.90 Å². The number of benzene rings is 2. The van der Waals surface area contributed by atoms with Crippen molar-refractivity contribution in [1.82, 2.24) is 14.3 Å². The van der Waals surface area contributed by atoms with Crippen LogP contribution in [-0.4, -0.2) is 25.0 Å². The SMILES string of the molecule is CNS(=O)(=O)c1ccc(Cc2ccc(C)cc2)c(-c2cn(C)cn2)c1. The summed E-state index contributed by atoms with van der Waals surface area (Å²) in [4.78, 5) is 4.64. The molecule has 0 spiro atoms. The molecule has 1 aromatic heterocycles. The van der Waals surface area contributed by atoms with E-state index in [1.54, 1.807) is 18.5 Å². The van der Waals surface area contributed by atoms with Crippen molar-refractivity contribution in [1.29, 1.82) is 0 Å². The predicted molar refractivity (Wildman–Crippen MR) is 98.9 cm³/mol. The van der Waals surface area contributed by atoms with E-state index in [4.69, 9.17) is 0 Å². The number of aromatic nitrogens is 2. The maximum absolute atomic E-state index is 12.2. The van der Waals surface area contributed by atoms with Gasteiger partial charge in [-0.15, -0.1) is 0 Å². The minimum atomic E-state index is -3.50. The lowest BCUT2D eigenvalue weighted by Gasteiger charge is -2.11. The maximum Gasteiger partial charge on any atom is 0.240 e. The standard InChI is InChI=1S/C19H21N3O2S/c1-14-4-6-15(7-5-14)10-16-8-9-17(25(23,24)20-2)11-18(16)19-12-22(3)13-21-19/h4-9,11-13,20H,10H2,1-3H3. The summed E-state index contributed by atoms with van der Waals surface area (Å²) in [6, 6.07) is 13.5. The molecule has 0 amide bonds. The van der Waals surface area contributed by atoms with Crippen LogP contribution in [0.1, 0.15) is 16.7 Å². The normalized spacial score (nSPS) is 11.6. The molecule has 2 aromatic carbocycles. The topological polar surface area (TPSA) is 64.0 Å². The third-order valence-corrected chi connectivity index (χ3v) is 5.57. The highest BCUT2D eigenvalue weighted by Crippen LogP contribution is 2.27. The molecule has 3 rings (SSSR count). The van der Waals surface area contributed by atoms with Crippen molar-refractivity contribution in [2.75, 3.05) is 7.05 Å². The third-order valence-electron chi connectivity index (χ3n) is 4.16. The summed E-state index contributed by atoms with van der Waals surface area (Å²) in [6.45, 7) is 2.06. The Kier molecular flexibility index (Phi) is 4.74. The van der Waals surface area contributed by atoms with Gasteiger partial charge < -0.3 is 4.57 Å². The van der Waals surface area contributed by atoms with Gasteiger partial charge in [-0.1, -0.05) is 35.9 Å². The lowest BCUT2D eigenvalue weighted by Crippen LogP contribution is -2.18. The molecule has 0 fully saturated rings. The molecular formula is C19H21N3O2S.